The smallest absolute Gasteiger partial charge is 0.128 e. The minimum absolute atomic E-state index is 0. The molecule has 7 rings (SSSR count). The number of likely N-dealkylation sites (tertiary alicyclic amines) is 3. The highest BCUT2D eigenvalue weighted by Crippen LogP contribution is 2.23. The molecule has 386 valence electrons. The van der Waals surface area contributed by atoms with Gasteiger partial charge in [0.05, 0.1) is 0 Å². The number of hydrogen-bond donors (Lipinski definition) is 0. The summed E-state index contributed by atoms with van der Waals surface area (Å²) in [6.07, 6.45) is 10.3. The number of piperazine rings is 2. The van der Waals surface area contributed by atoms with E-state index in [0.717, 1.165) is 45.1 Å². The quantitative estimate of drug-likeness (QED) is 0.295. The van der Waals surface area contributed by atoms with E-state index in [1.165, 1.54) is 96.6 Å². The predicted molar refractivity (Wildman–Crippen MR) is 300 cm³/mol. The largest absolute Gasteiger partial charge is 0.369 e. The molecule has 5 saturated heterocycles. The maximum atomic E-state index is 4.40. The third-order valence-corrected chi connectivity index (χ3v) is 12.7. The lowest BCUT2D eigenvalue weighted by Crippen LogP contribution is -2.53. The molecule has 6 heterocycles. The molecule has 0 saturated carbocycles. The first-order chi connectivity index (χ1) is 27.5. The average molecular weight is 916 g/mol. The summed E-state index contributed by atoms with van der Waals surface area (Å²) in [6, 6.07) is 16.8. The van der Waals surface area contributed by atoms with Gasteiger partial charge in [-0.25, -0.2) is 4.98 Å². The molecule has 5 fully saturated rings. The Morgan fingerprint density at radius 3 is 0.877 bits per heavy atom. The van der Waals surface area contributed by atoms with Gasteiger partial charge >= 0.3 is 0 Å². The molecule has 0 N–H and O–H groups in total. The Labute approximate surface area is 410 Å². The van der Waals surface area contributed by atoms with E-state index >= 15 is 0 Å². The van der Waals surface area contributed by atoms with Gasteiger partial charge in [0.1, 0.15) is 5.82 Å². The number of rotatable bonds is 2. The van der Waals surface area contributed by atoms with Crippen molar-refractivity contribution < 1.29 is 0 Å². The molecule has 2 aromatic rings. The maximum Gasteiger partial charge on any atom is 0.128 e. The summed E-state index contributed by atoms with van der Waals surface area (Å²) in [5.74, 6) is 1.11. The van der Waals surface area contributed by atoms with Crippen LogP contribution >= 0.6 is 0 Å². The van der Waals surface area contributed by atoms with Crippen LogP contribution in [0.1, 0.15) is 187 Å². The fourth-order valence-corrected chi connectivity index (χ4v) is 8.36. The number of pyridine rings is 1. The highest BCUT2D eigenvalue weighted by Gasteiger charge is 2.28. The number of benzene rings is 1. The number of hydrogen-bond acceptors (Lipinski definition) is 8. The summed E-state index contributed by atoms with van der Waals surface area (Å²) in [6.45, 7) is 51.2. The standard InChI is InChI=1S/C14H22N2.C13H21N3.C9H19N.C8H17N.C7H15N.6CH4/c1-14(2,3)16-11-9-15(10-12-16)13-7-5-4-6-8-13;1-13(2,3)16-10-8-15(9-11-16)12-6-4-5-7-14-12;1-9(2,3)10-7-5-4-6-8-10;1-8(2,3)9-6-4-5-7-9;1-7(2,3)8-5-4-6-8;;;;;;/h4-8H,9-12H2,1-3H3;4-7H,8-11H2,1-3H3;4-8H2,1-3H3;4-7H2,1-3H3;4-6H2,1-3H3;6*1H4. The molecule has 0 amide bonds. The van der Waals surface area contributed by atoms with E-state index in [0.29, 0.717) is 22.2 Å². The molecule has 0 unspecified atom stereocenters. The molecule has 0 bridgehead atoms. The van der Waals surface area contributed by atoms with E-state index in [1.54, 1.807) is 0 Å². The lowest BCUT2D eigenvalue weighted by atomic mass is 10.0. The van der Waals surface area contributed by atoms with Gasteiger partial charge in [0, 0.05) is 91.9 Å². The molecule has 5 aliphatic heterocycles. The highest BCUT2D eigenvalue weighted by molar-refractivity contribution is 5.46. The van der Waals surface area contributed by atoms with E-state index in [2.05, 4.69) is 186 Å². The van der Waals surface area contributed by atoms with Gasteiger partial charge in [0.25, 0.3) is 0 Å². The Kier molecular flexibility index (Phi) is 33.9. The average Bonchev–Trinajstić information content (AvgIpc) is 3.72. The zero-order valence-corrected chi connectivity index (χ0v) is 41.4. The van der Waals surface area contributed by atoms with Crippen molar-refractivity contribution in [2.45, 2.75) is 215 Å². The van der Waals surface area contributed by atoms with Crippen molar-refractivity contribution >= 4 is 11.5 Å². The van der Waals surface area contributed by atoms with Gasteiger partial charge in [-0.05, 0) is 199 Å². The minimum Gasteiger partial charge on any atom is -0.369 e. The summed E-state index contributed by atoms with van der Waals surface area (Å²) < 4.78 is 0. The van der Waals surface area contributed by atoms with E-state index in [4.69, 9.17) is 0 Å². The monoisotopic (exact) mass is 915 g/mol. The van der Waals surface area contributed by atoms with Gasteiger partial charge < -0.3 is 9.80 Å². The lowest BCUT2D eigenvalue weighted by molar-refractivity contribution is 0.0690. The van der Waals surface area contributed by atoms with E-state index in [1.807, 2.05) is 12.3 Å². The molecule has 1 aromatic heterocycles. The maximum absolute atomic E-state index is 4.40. The van der Waals surface area contributed by atoms with Crippen LogP contribution in [0.4, 0.5) is 11.5 Å². The first-order valence-electron chi connectivity index (χ1n) is 23.7. The van der Waals surface area contributed by atoms with Gasteiger partial charge in [0.15, 0.2) is 0 Å². The Balaban J connectivity index is -0.000000359. The Morgan fingerprint density at radius 1 is 0.308 bits per heavy atom. The van der Waals surface area contributed by atoms with Crippen LogP contribution in [0.5, 0.6) is 0 Å². The first-order valence-corrected chi connectivity index (χ1v) is 23.7. The second-order valence-corrected chi connectivity index (χ2v) is 22.4. The number of para-hydroxylation sites is 1. The van der Waals surface area contributed by atoms with Gasteiger partial charge in [-0.1, -0.05) is 75.2 Å². The van der Waals surface area contributed by atoms with Crippen molar-refractivity contribution in [3.05, 3.63) is 54.7 Å². The molecule has 1 aromatic carbocycles. The van der Waals surface area contributed by atoms with Crippen LogP contribution in [-0.4, -0.2) is 149 Å². The molecule has 8 nitrogen and oxygen atoms in total. The first kappa shape index (κ1) is 69.3. The van der Waals surface area contributed by atoms with E-state index < -0.39 is 0 Å². The van der Waals surface area contributed by atoms with Crippen molar-refractivity contribution in [3.8, 4) is 0 Å². The summed E-state index contributed by atoms with van der Waals surface area (Å²) in [7, 11) is 0. The molecule has 65 heavy (non-hydrogen) atoms. The van der Waals surface area contributed by atoms with Gasteiger partial charge in [-0.15, -0.1) is 0 Å². The molecular weight excluding hydrogens is 797 g/mol. The van der Waals surface area contributed by atoms with Crippen molar-refractivity contribution in [2.24, 2.45) is 0 Å². The van der Waals surface area contributed by atoms with Crippen LogP contribution in [0.15, 0.2) is 54.7 Å². The van der Waals surface area contributed by atoms with Gasteiger partial charge in [-0.3, -0.25) is 24.5 Å². The fourth-order valence-electron chi connectivity index (χ4n) is 8.36. The Bertz CT molecular complexity index is 1300. The molecule has 5 aliphatic rings. The highest BCUT2D eigenvalue weighted by atomic mass is 15.3. The van der Waals surface area contributed by atoms with E-state index in [-0.39, 0.29) is 50.1 Å². The molecule has 0 aliphatic carbocycles. The third kappa shape index (κ3) is 25.6. The van der Waals surface area contributed by atoms with Crippen LogP contribution in [0.25, 0.3) is 0 Å². The van der Waals surface area contributed by atoms with Crippen LogP contribution < -0.4 is 9.80 Å². The predicted octanol–water partition coefficient (Wildman–Crippen LogP) is 14.1. The van der Waals surface area contributed by atoms with E-state index in [9.17, 15) is 0 Å². The van der Waals surface area contributed by atoms with Gasteiger partial charge in [0.2, 0.25) is 0 Å². The number of anilines is 2. The normalized spacial score (nSPS) is 18.8. The summed E-state index contributed by atoms with van der Waals surface area (Å²) in [4.78, 5) is 22.0. The Hall–Kier alpha value is -2.23. The SMILES string of the molecule is C.C.C.C.C.C.CC(C)(C)N1CCC1.CC(C)(C)N1CCCC1.CC(C)(C)N1CCCCC1.CC(C)(C)N1CCN(c2ccccc2)CC1.CC(C)(C)N1CCN(c2ccccn2)CC1. The summed E-state index contributed by atoms with van der Waals surface area (Å²) in [5, 5.41) is 0. The third-order valence-electron chi connectivity index (χ3n) is 12.7. The second-order valence-electron chi connectivity index (χ2n) is 22.4. The number of piperidine rings is 1. The zero-order chi connectivity index (χ0) is 43.9. The van der Waals surface area contributed by atoms with Crippen molar-refractivity contribution in [1.82, 2.24) is 29.5 Å². The topological polar surface area (TPSA) is 35.6 Å². The van der Waals surface area contributed by atoms with Crippen LogP contribution in [0.2, 0.25) is 0 Å². The number of aromatic nitrogens is 1. The minimum atomic E-state index is 0. The zero-order valence-electron chi connectivity index (χ0n) is 41.4. The molecule has 0 radical (unpaired) electrons. The fraction of sp³-hybridized carbons (Fsp3) is 0.807. The lowest BCUT2D eigenvalue weighted by Gasteiger charge is -2.43. The molecule has 0 atom stereocenters. The summed E-state index contributed by atoms with van der Waals surface area (Å²) >= 11 is 0. The molecule has 8 heteroatoms. The van der Waals surface area contributed by atoms with Crippen LogP contribution in [0.3, 0.4) is 0 Å². The second kappa shape index (κ2) is 31.7. The van der Waals surface area contributed by atoms with Crippen molar-refractivity contribution in [3.63, 3.8) is 0 Å². The van der Waals surface area contributed by atoms with Crippen molar-refractivity contribution in [2.75, 3.05) is 101 Å². The number of nitrogens with zero attached hydrogens (tertiary/aromatic N) is 8. The van der Waals surface area contributed by atoms with Crippen molar-refractivity contribution in [1.29, 1.82) is 0 Å². The summed E-state index contributed by atoms with van der Waals surface area (Å²) in [5.41, 5.74) is 3.20. The van der Waals surface area contributed by atoms with Crippen LogP contribution in [-0.2, 0) is 0 Å². The Morgan fingerprint density at radius 2 is 0.600 bits per heavy atom. The molecule has 0 spiro atoms. The molecular formula is C57H118N8. The van der Waals surface area contributed by atoms with Crippen LogP contribution in [0, 0.1) is 0 Å². The van der Waals surface area contributed by atoms with Gasteiger partial charge in [-0.2, -0.15) is 0 Å².